The Hall–Kier alpha value is -2.68. The fraction of sp³-hybridized carbons (Fsp3) is 0.261. The molecule has 1 fully saturated rings. The Morgan fingerprint density at radius 3 is 2.53 bits per heavy atom. The Balaban J connectivity index is 0.00000274. The molecule has 0 spiro atoms. The Bertz CT molecular complexity index is 1250. The van der Waals surface area contributed by atoms with E-state index in [0.717, 1.165) is 26.2 Å². The van der Waals surface area contributed by atoms with Gasteiger partial charge in [0.05, 0.1) is 22.9 Å². The van der Waals surface area contributed by atoms with Crippen molar-refractivity contribution in [3.8, 4) is 0 Å². The molecular weight excluding hydrogens is 653 g/mol. The second-order valence-electron chi connectivity index (χ2n) is 8.13. The molecule has 9 nitrogen and oxygen atoms in total. The summed E-state index contributed by atoms with van der Waals surface area (Å²) in [6.07, 6.45) is 1.81. The van der Waals surface area contributed by atoms with Crippen LogP contribution in [0.25, 0.3) is 0 Å². The number of likely N-dealkylation sites (N-methyl/N-ethyl adjacent to an activating group) is 1. The molecule has 34 heavy (non-hydrogen) atoms. The number of rotatable bonds is 3. The summed E-state index contributed by atoms with van der Waals surface area (Å²) in [4.78, 5) is 39.6. The van der Waals surface area contributed by atoms with E-state index in [1.165, 1.54) is 17.0 Å². The number of halogens is 1. The minimum atomic E-state index is -0.463. The van der Waals surface area contributed by atoms with Crippen molar-refractivity contribution in [1.29, 1.82) is 0 Å². The van der Waals surface area contributed by atoms with Gasteiger partial charge in [-0.05, 0) is 19.2 Å². The molecule has 1 saturated heterocycles. The predicted octanol–water partition coefficient (Wildman–Crippen LogP) is 2.55. The fourth-order valence-electron chi connectivity index (χ4n) is 4.17. The summed E-state index contributed by atoms with van der Waals surface area (Å²) < 4.78 is 0. The topological polar surface area (TPSA) is 94.7 Å². The number of nitro benzene ring substituents is 1. The van der Waals surface area contributed by atoms with Crippen molar-refractivity contribution in [2.45, 2.75) is 0 Å². The average molecular weight is 674 g/mol. The Morgan fingerprint density at radius 1 is 1.09 bits per heavy atom. The summed E-state index contributed by atoms with van der Waals surface area (Å²) in [5.74, 6) is 0.215. The van der Waals surface area contributed by atoms with E-state index in [-0.39, 0.29) is 44.3 Å². The van der Waals surface area contributed by atoms with E-state index < -0.39 is 4.92 Å². The monoisotopic (exact) mass is 673 g/mol. The number of non-ortho nitro benzene ring substituents is 1. The molecule has 5 rings (SSSR count). The first-order valence-electron chi connectivity index (χ1n) is 10.6. The smallest absolute Gasteiger partial charge is 0.284 e. The molecule has 2 aromatic rings. The molecule has 0 aromatic heterocycles. The maximum absolute atomic E-state index is 13.4. The molecule has 0 aliphatic carbocycles. The van der Waals surface area contributed by atoms with E-state index in [1.807, 2.05) is 12.1 Å². The predicted molar refractivity (Wildman–Crippen MR) is 133 cm³/mol. The van der Waals surface area contributed by atoms with Crippen molar-refractivity contribution in [2.24, 2.45) is 9.98 Å². The number of fused-ring (bicyclic) bond motifs is 3. The van der Waals surface area contributed by atoms with Crippen LogP contribution in [0.15, 0.2) is 64.3 Å². The number of nitrogens with zero attached hydrogens (tertiary/aromatic N) is 6. The minimum absolute atomic E-state index is 0. The number of hydrogen-bond acceptors (Lipinski definition) is 7. The van der Waals surface area contributed by atoms with Gasteiger partial charge >= 0.3 is 0 Å². The Morgan fingerprint density at radius 2 is 1.82 bits per heavy atom. The molecule has 0 N–H and O–H groups in total. The van der Waals surface area contributed by atoms with Crippen LogP contribution >= 0.6 is 11.6 Å². The van der Waals surface area contributed by atoms with E-state index in [4.69, 9.17) is 16.6 Å². The summed E-state index contributed by atoms with van der Waals surface area (Å²) in [6, 6.07) is 11.6. The number of benzene rings is 2. The number of aliphatic imine (C=N–C) groups is 2. The van der Waals surface area contributed by atoms with Gasteiger partial charge < -0.3 is 9.80 Å². The van der Waals surface area contributed by atoms with Gasteiger partial charge in [-0.25, -0.2) is 4.99 Å². The van der Waals surface area contributed by atoms with Gasteiger partial charge in [-0.2, -0.15) is 0 Å². The molecule has 1 amide bonds. The molecule has 3 aliphatic heterocycles. The molecule has 0 bridgehead atoms. The van der Waals surface area contributed by atoms with Gasteiger partial charge in [0, 0.05) is 86.9 Å². The van der Waals surface area contributed by atoms with Crippen LogP contribution < -0.4 is 4.90 Å². The third-order valence-electron chi connectivity index (χ3n) is 5.97. The normalized spacial score (nSPS) is 19.1. The second kappa shape index (κ2) is 9.90. The van der Waals surface area contributed by atoms with Crippen LogP contribution in [0.3, 0.4) is 0 Å². The van der Waals surface area contributed by atoms with Crippen molar-refractivity contribution >= 4 is 66.6 Å². The van der Waals surface area contributed by atoms with Crippen molar-refractivity contribution in [2.75, 3.05) is 44.7 Å². The molecule has 3 radical (unpaired) electrons. The molecular formula is C23H21BiClN6O3. The van der Waals surface area contributed by atoms with Crippen LogP contribution in [0.1, 0.15) is 11.1 Å². The molecule has 11 heteroatoms. The summed E-state index contributed by atoms with van der Waals surface area (Å²) in [7, 11) is 2.07. The first-order valence-corrected chi connectivity index (χ1v) is 10.9. The van der Waals surface area contributed by atoms with Crippen LogP contribution in [0.2, 0.25) is 5.02 Å². The number of carbonyl (C=O) groups is 1. The summed E-state index contributed by atoms with van der Waals surface area (Å²) in [6.45, 7) is 3.60. The van der Waals surface area contributed by atoms with Gasteiger partial charge in [0.15, 0.2) is 0 Å². The van der Waals surface area contributed by atoms with Crippen molar-refractivity contribution in [3.63, 3.8) is 0 Å². The maximum Gasteiger partial charge on any atom is 0.284 e. The first-order chi connectivity index (χ1) is 15.9. The first kappa shape index (κ1) is 24.4. The zero-order chi connectivity index (χ0) is 23.1. The summed E-state index contributed by atoms with van der Waals surface area (Å²) in [5, 5.41) is 12.0. The third-order valence-corrected chi connectivity index (χ3v) is 6.30. The van der Waals surface area contributed by atoms with Gasteiger partial charge in [-0.15, -0.1) is 0 Å². The average Bonchev–Trinajstić information content (AvgIpc) is 3.01. The van der Waals surface area contributed by atoms with Crippen molar-refractivity contribution < 1.29 is 9.72 Å². The van der Waals surface area contributed by atoms with Crippen LogP contribution in [0.5, 0.6) is 0 Å². The maximum atomic E-state index is 13.4. The number of piperazine rings is 1. The molecule has 3 heterocycles. The van der Waals surface area contributed by atoms with Crippen LogP contribution in [0, 0.1) is 10.1 Å². The van der Waals surface area contributed by atoms with Crippen LogP contribution in [-0.4, -0.2) is 98.2 Å². The second-order valence-corrected chi connectivity index (χ2v) is 8.53. The summed E-state index contributed by atoms with van der Waals surface area (Å²) >= 11 is 6.43. The molecule has 0 saturated carbocycles. The SMILES string of the molecule is CN1CCN(/C=C2\N=C3CN=C(c4ccccc4Cl)c4cc([N+](=O)[O-])ccc4N3C2=O)CC1.[Bi]. The molecule has 2 aromatic carbocycles. The fourth-order valence-corrected chi connectivity index (χ4v) is 4.40. The number of anilines is 1. The van der Waals surface area contributed by atoms with E-state index >= 15 is 0 Å². The Kier molecular flexibility index (Phi) is 7.12. The number of amidine groups is 1. The number of carbonyl (C=O) groups excluding carboxylic acids is 1. The number of amides is 1. The largest absolute Gasteiger partial charge is 0.373 e. The molecule has 173 valence electrons. The van der Waals surface area contributed by atoms with Gasteiger partial charge in [0.1, 0.15) is 11.5 Å². The van der Waals surface area contributed by atoms with Gasteiger partial charge in [-0.1, -0.05) is 29.8 Å². The van der Waals surface area contributed by atoms with Crippen LogP contribution in [0.4, 0.5) is 11.4 Å². The molecule has 3 aliphatic rings. The van der Waals surface area contributed by atoms with Gasteiger partial charge in [0.2, 0.25) is 0 Å². The van der Waals surface area contributed by atoms with E-state index in [1.54, 1.807) is 24.4 Å². The molecule has 0 atom stereocenters. The van der Waals surface area contributed by atoms with Crippen molar-refractivity contribution in [3.05, 3.63) is 80.6 Å². The summed E-state index contributed by atoms with van der Waals surface area (Å²) in [5.41, 5.74) is 2.36. The van der Waals surface area contributed by atoms with E-state index in [9.17, 15) is 14.9 Å². The van der Waals surface area contributed by atoms with Crippen molar-refractivity contribution in [1.82, 2.24) is 9.80 Å². The van der Waals surface area contributed by atoms with E-state index in [2.05, 4.69) is 21.8 Å². The minimum Gasteiger partial charge on any atom is -0.373 e. The zero-order valence-electron chi connectivity index (χ0n) is 18.4. The van der Waals surface area contributed by atoms with E-state index in [0.29, 0.717) is 39.1 Å². The quantitative estimate of drug-likeness (QED) is 0.216. The zero-order valence-corrected chi connectivity index (χ0v) is 22.6. The third kappa shape index (κ3) is 4.50. The van der Waals surface area contributed by atoms with Gasteiger partial charge in [-0.3, -0.25) is 24.8 Å². The standard InChI is InChI=1S/C23H21ClN6O3.Bi/c1-27-8-10-28(11-9-27)14-19-23(31)29-20-7-6-15(30(32)33)12-17(20)22(25-13-21(29)26-19)16-4-2-3-5-18(16)24;/h2-7,12,14H,8-11,13H2,1H3;/b19-14-;. The molecule has 0 unspecified atom stereocenters. The number of hydrogen-bond donors (Lipinski definition) is 0. The Labute approximate surface area is 220 Å². The number of nitro groups is 1. The van der Waals surface area contributed by atoms with Gasteiger partial charge in [0.25, 0.3) is 11.6 Å². The van der Waals surface area contributed by atoms with Crippen LogP contribution in [-0.2, 0) is 4.79 Å².